The summed E-state index contributed by atoms with van der Waals surface area (Å²) in [6, 6.07) is 20.1. The first-order chi connectivity index (χ1) is 14.9. The van der Waals surface area contributed by atoms with E-state index in [4.69, 9.17) is 27.9 Å². The van der Waals surface area contributed by atoms with Gasteiger partial charge in [0.15, 0.2) is 0 Å². The predicted molar refractivity (Wildman–Crippen MR) is 127 cm³/mol. The summed E-state index contributed by atoms with van der Waals surface area (Å²) in [5, 5.41) is 0.234. The smallest absolute Gasteiger partial charge is 0.298 e. The summed E-state index contributed by atoms with van der Waals surface area (Å²) in [4.78, 5) is 26.9. The fourth-order valence-electron chi connectivity index (χ4n) is 3.03. The van der Waals surface area contributed by atoms with E-state index in [2.05, 4.69) is 0 Å². The van der Waals surface area contributed by atoms with E-state index in [1.807, 2.05) is 55.5 Å². The lowest BCUT2D eigenvalue weighted by atomic mass is 10.1. The maximum Gasteiger partial charge on any atom is 0.298 e. The summed E-state index contributed by atoms with van der Waals surface area (Å²) < 4.78 is 5.98. The third kappa shape index (κ3) is 4.79. The Labute approximate surface area is 194 Å². The van der Waals surface area contributed by atoms with E-state index < -0.39 is 11.1 Å². The Morgan fingerprint density at radius 2 is 1.71 bits per heavy atom. The molecule has 0 unspecified atom stereocenters. The molecule has 31 heavy (non-hydrogen) atoms. The molecular weight excluding hydrogens is 453 g/mol. The Balaban J connectivity index is 1.57. The maximum atomic E-state index is 12.9. The minimum Gasteiger partial charge on any atom is -0.488 e. The lowest BCUT2D eigenvalue weighted by molar-refractivity contribution is -0.113. The number of amides is 2. The Morgan fingerprint density at radius 3 is 2.45 bits per heavy atom. The van der Waals surface area contributed by atoms with Gasteiger partial charge in [-0.1, -0.05) is 71.2 Å². The normalized spacial score (nSPS) is 15.1. The summed E-state index contributed by atoms with van der Waals surface area (Å²) in [7, 11) is 0. The summed E-state index contributed by atoms with van der Waals surface area (Å²) in [5.74, 6) is 0.214. The van der Waals surface area contributed by atoms with E-state index in [0.29, 0.717) is 33.5 Å². The van der Waals surface area contributed by atoms with Crippen molar-refractivity contribution in [2.45, 2.75) is 13.5 Å². The van der Waals surface area contributed by atoms with Crippen molar-refractivity contribution in [3.05, 3.63) is 98.4 Å². The number of carbonyl (C=O) groups is 2. The Hall–Kier alpha value is -2.73. The number of benzene rings is 3. The molecule has 4 nitrogen and oxygen atoms in total. The van der Waals surface area contributed by atoms with Crippen molar-refractivity contribution in [1.82, 2.24) is 0 Å². The van der Waals surface area contributed by atoms with Gasteiger partial charge < -0.3 is 4.74 Å². The minimum absolute atomic E-state index is 0.275. The Morgan fingerprint density at radius 1 is 0.968 bits per heavy atom. The number of rotatable bonds is 5. The topological polar surface area (TPSA) is 46.6 Å². The largest absolute Gasteiger partial charge is 0.488 e. The summed E-state index contributed by atoms with van der Waals surface area (Å²) >= 11 is 12.9. The number of para-hydroxylation sites is 1. The summed E-state index contributed by atoms with van der Waals surface area (Å²) in [6.07, 6.45) is 1.67. The number of carbonyl (C=O) groups excluding carboxylic acids is 2. The van der Waals surface area contributed by atoms with Crippen LogP contribution in [-0.2, 0) is 11.4 Å². The van der Waals surface area contributed by atoms with Crippen molar-refractivity contribution >= 4 is 57.9 Å². The van der Waals surface area contributed by atoms with Gasteiger partial charge >= 0.3 is 0 Å². The molecule has 7 heteroatoms. The van der Waals surface area contributed by atoms with Crippen LogP contribution in [0.4, 0.5) is 10.5 Å². The van der Waals surface area contributed by atoms with Gasteiger partial charge in [-0.05, 0) is 54.6 Å². The monoisotopic (exact) mass is 469 g/mol. The van der Waals surface area contributed by atoms with E-state index in [0.717, 1.165) is 22.2 Å². The first-order valence-electron chi connectivity index (χ1n) is 9.43. The van der Waals surface area contributed by atoms with Crippen molar-refractivity contribution in [1.29, 1.82) is 0 Å². The van der Waals surface area contributed by atoms with Gasteiger partial charge in [-0.2, -0.15) is 0 Å². The molecule has 3 aromatic rings. The highest BCUT2D eigenvalue weighted by atomic mass is 35.5. The first kappa shape index (κ1) is 21.5. The molecule has 2 amide bonds. The number of ether oxygens (including phenoxy) is 1. The lowest BCUT2D eigenvalue weighted by Crippen LogP contribution is -2.27. The molecule has 0 N–H and O–H groups in total. The highest BCUT2D eigenvalue weighted by Gasteiger charge is 2.36. The fraction of sp³-hybridized carbons (Fsp3) is 0.0833. The fourth-order valence-corrected chi connectivity index (χ4v) is 4.16. The highest BCUT2D eigenvalue weighted by Crippen LogP contribution is 2.38. The van der Waals surface area contributed by atoms with E-state index >= 15 is 0 Å². The molecule has 4 rings (SSSR count). The number of thioether (sulfide) groups is 1. The van der Waals surface area contributed by atoms with Crippen molar-refractivity contribution in [3.63, 3.8) is 0 Å². The van der Waals surface area contributed by atoms with Gasteiger partial charge in [0.25, 0.3) is 11.1 Å². The second kappa shape index (κ2) is 9.18. The predicted octanol–water partition coefficient (Wildman–Crippen LogP) is 7.12. The minimum atomic E-state index is -0.415. The molecule has 1 aliphatic heterocycles. The quantitative estimate of drug-likeness (QED) is 0.373. The molecule has 0 aromatic heterocycles. The van der Waals surface area contributed by atoms with E-state index in [1.165, 1.54) is 11.6 Å². The van der Waals surface area contributed by atoms with Gasteiger partial charge in [-0.25, -0.2) is 4.90 Å². The number of anilines is 1. The molecule has 0 aliphatic carbocycles. The summed E-state index contributed by atoms with van der Waals surface area (Å²) in [6.45, 7) is 2.43. The molecule has 0 atom stereocenters. The number of hydrogen-bond donors (Lipinski definition) is 0. The SMILES string of the molecule is Cc1ccc(COc2ccccc2/C=C2\SC(=O)N(c3ccc(Cl)c(Cl)c3)C2=O)cc1. The van der Waals surface area contributed by atoms with Crippen molar-refractivity contribution in [2.75, 3.05) is 4.90 Å². The average molecular weight is 470 g/mol. The van der Waals surface area contributed by atoms with Gasteiger partial charge in [-0.15, -0.1) is 0 Å². The third-order valence-corrected chi connectivity index (χ3v) is 6.28. The zero-order valence-corrected chi connectivity index (χ0v) is 18.8. The lowest BCUT2D eigenvalue weighted by Gasteiger charge is -2.13. The molecule has 0 bridgehead atoms. The molecule has 0 spiro atoms. The molecule has 0 saturated carbocycles. The van der Waals surface area contributed by atoms with Gasteiger partial charge in [-0.3, -0.25) is 9.59 Å². The number of imide groups is 1. The zero-order chi connectivity index (χ0) is 22.0. The molecule has 156 valence electrons. The Kier molecular flexibility index (Phi) is 6.37. The van der Waals surface area contributed by atoms with Crippen molar-refractivity contribution in [3.8, 4) is 5.75 Å². The van der Waals surface area contributed by atoms with Gasteiger partial charge in [0, 0.05) is 5.56 Å². The van der Waals surface area contributed by atoms with Crippen LogP contribution < -0.4 is 9.64 Å². The van der Waals surface area contributed by atoms with Crippen LogP contribution in [0.2, 0.25) is 10.0 Å². The number of halogens is 2. The Bertz CT molecular complexity index is 1190. The van der Waals surface area contributed by atoms with Crippen LogP contribution in [-0.4, -0.2) is 11.1 Å². The molecule has 1 saturated heterocycles. The van der Waals surface area contributed by atoms with E-state index in [-0.39, 0.29) is 5.02 Å². The number of hydrogen-bond acceptors (Lipinski definition) is 4. The van der Waals surface area contributed by atoms with Crippen LogP contribution >= 0.6 is 35.0 Å². The van der Waals surface area contributed by atoms with Crippen LogP contribution in [0.3, 0.4) is 0 Å². The highest BCUT2D eigenvalue weighted by molar-refractivity contribution is 8.19. The van der Waals surface area contributed by atoms with Crippen LogP contribution in [0.1, 0.15) is 16.7 Å². The number of aryl methyl sites for hydroxylation is 1. The van der Waals surface area contributed by atoms with Crippen LogP contribution in [0.25, 0.3) is 6.08 Å². The van der Waals surface area contributed by atoms with Crippen LogP contribution in [0.15, 0.2) is 71.6 Å². The van der Waals surface area contributed by atoms with E-state index in [1.54, 1.807) is 18.2 Å². The maximum absolute atomic E-state index is 12.9. The van der Waals surface area contributed by atoms with Crippen LogP contribution in [0, 0.1) is 6.92 Å². The number of nitrogens with zero attached hydrogens (tertiary/aromatic N) is 1. The third-order valence-electron chi connectivity index (χ3n) is 4.68. The molecule has 1 heterocycles. The van der Waals surface area contributed by atoms with Gasteiger partial charge in [0.05, 0.1) is 20.6 Å². The first-order valence-corrected chi connectivity index (χ1v) is 11.0. The van der Waals surface area contributed by atoms with Crippen LogP contribution in [0.5, 0.6) is 5.75 Å². The van der Waals surface area contributed by atoms with Gasteiger partial charge in [0.2, 0.25) is 0 Å². The molecule has 3 aromatic carbocycles. The second-order valence-corrected chi connectivity index (χ2v) is 8.74. The second-order valence-electron chi connectivity index (χ2n) is 6.93. The summed E-state index contributed by atoms with van der Waals surface area (Å²) in [5.41, 5.74) is 3.32. The van der Waals surface area contributed by atoms with Crippen molar-refractivity contribution < 1.29 is 14.3 Å². The van der Waals surface area contributed by atoms with Crippen molar-refractivity contribution in [2.24, 2.45) is 0 Å². The zero-order valence-electron chi connectivity index (χ0n) is 16.5. The average Bonchev–Trinajstić information content (AvgIpc) is 3.03. The molecule has 0 radical (unpaired) electrons. The molecule has 1 fully saturated rings. The standard InChI is InChI=1S/C24H17Cl2NO3S/c1-15-6-8-16(9-7-15)14-30-21-5-3-2-4-17(21)12-22-23(28)27(24(29)31-22)18-10-11-19(25)20(26)13-18/h2-13H,14H2,1H3/b22-12-. The molecular formula is C24H17Cl2NO3S. The van der Waals surface area contributed by atoms with Gasteiger partial charge in [0.1, 0.15) is 12.4 Å². The molecule has 1 aliphatic rings. The van der Waals surface area contributed by atoms with E-state index in [9.17, 15) is 9.59 Å².